The van der Waals surface area contributed by atoms with E-state index in [1.165, 1.54) is 19.3 Å². The molecule has 3 aliphatic carbocycles. The van der Waals surface area contributed by atoms with Crippen molar-refractivity contribution >= 4 is 11.9 Å². The molecular formula is C35H56N2O7. The molecule has 44 heavy (non-hydrogen) atoms. The molecule has 0 amide bonds. The first kappa shape index (κ1) is 32.4. The lowest BCUT2D eigenvalue weighted by molar-refractivity contribution is -0.266. The molecule has 248 valence electrons. The van der Waals surface area contributed by atoms with Gasteiger partial charge < -0.3 is 35.5 Å². The van der Waals surface area contributed by atoms with Crippen molar-refractivity contribution in [3.8, 4) is 0 Å². The van der Waals surface area contributed by atoms with E-state index in [9.17, 15) is 19.8 Å². The summed E-state index contributed by atoms with van der Waals surface area (Å²) in [6, 6.07) is 0. The maximum atomic E-state index is 13.8. The van der Waals surface area contributed by atoms with Gasteiger partial charge in [-0.3, -0.25) is 4.79 Å². The van der Waals surface area contributed by atoms with Gasteiger partial charge in [0, 0.05) is 31.6 Å². The summed E-state index contributed by atoms with van der Waals surface area (Å²) in [4.78, 5) is 26.7. The topological polar surface area (TPSA) is 140 Å². The molecule has 12 atom stereocenters. The molecule has 9 unspecified atom stereocenters. The normalized spacial score (nSPS) is 45.7. The second-order valence-electron chi connectivity index (χ2n) is 15.2. The molecule has 6 fully saturated rings. The lowest BCUT2D eigenvalue weighted by Gasteiger charge is -2.61. The van der Waals surface area contributed by atoms with E-state index in [-0.39, 0.29) is 61.8 Å². The van der Waals surface area contributed by atoms with Crippen LogP contribution in [-0.4, -0.2) is 71.5 Å². The van der Waals surface area contributed by atoms with E-state index in [4.69, 9.17) is 19.9 Å². The summed E-state index contributed by atoms with van der Waals surface area (Å²) in [5, 5.41) is 22.6. The Morgan fingerprint density at radius 3 is 2.57 bits per heavy atom. The highest BCUT2D eigenvalue weighted by Gasteiger charge is 2.70. The van der Waals surface area contributed by atoms with Crippen LogP contribution in [-0.2, 0) is 23.8 Å². The van der Waals surface area contributed by atoms with E-state index in [0.717, 1.165) is 51.5 Å². The molecule has 3 heterocycles. The summed E-state index contributed by atoms with van der Waals surface area (Å²) < 4.78 is 20.3. The summed E-state index contributed by atoms with van der Waals surface area (Å²) in [5.74, 6) is 1.59. The van der Waals surface area contributed by atoms with Crippen molar-refractivity contribution in [3.05, 3.63) is 11.6 Å². The molecule has 1 spiro atoms. The number of carbonyl (C=O) groups excluding carboxylic acids is 2. The number of carbonyl (C=O) groups is 2. The van der Waals surface area contributed by atoms with Gasteiger partial charge in [-0.15, -0.1) is 0 Å². The zero-order valence-electron chi connectivity index (χ0n) is 26.9. The number of hydrogen-bond donors (Lipinski definition) is 4. The molecule has 3 saturated heterocycles. The zero-order chi connectivity index (χ0) is 31.1. The molecule has 3 saturated carbocycles. The van der Waals surface area contributed by atoms with Crippen molar-refractivity contribution in [1.82, 2.24) is 5.32 Å². The molecule has 9 nitrogen and oxygen atoms in total. The predicted octanol–water partition coefficient (Wildman–Crippen LogP) is 3.99. The van der Waals surface area contributed by atoms with Gasteiger partial charge in [0.2, 0.25) is 0 Å². The number of nitrogens with one attached hydrogen (secondary N) is 1. The van der Waals surface area contributed by atoms with Gasteiger partial charge in [0.1, 0.15) is 17.3 Å². The average molecular weight is 617 g/mol. The molecule has 9 heteroatoms. The highest BCUT2D eigenvalue weighted by molar-refractivity contribution is 5.88. The second kappa shape index (κ2) is 13.3. The fourth-order valence-electron chi connectivity index (χ4n) is 10.8. The van der Waals surface area contributed by atoms with E-state index in [2.05, 4.69) is 12.2 Å². The van der Waals surface area contributed by atoms with E-state index in [1.54, 1.807) is 6.08 Å². The van der Waals surface area contributed by atoms with Gasteiger partial charge in [-0.25, -0.2) is 4.79 Å². The Kier molecular flexibility index (Phi) is 9.80. The van der Waals surface area contributed by atoms with Crippen molar-refractivity contribution in [1.29, 1.82) is 0 Å². The van der Waals surface area contributed by atoms with Crippen LogP contribution < -0.4 is 11.1 Å². The lowest BCUT2D eigenvalue weighted by atomic mass is 9.49. The number of esters is 2. The van der Waals surface area contributed by atoms with Crippen LogP contribution in [0.3, 0.4) is 0 Å². The first-order chi connectivity index (χ1) is 21.2. The molecule has 6 rings (SSSR count). The minimum Gasteiger partial charge on any atom is -0.462 e. The summed E-state index contributed by atoms with van der Waals surface area (Å²) in [5.41, 5.74) is 5.37. The number of fused-ring (bicyclic) bond motifs is 3. The van der Waals surface area contributed by atoms with Crippen LogP contribution >= 0.6 is 0 Å². The van der Waals surface area contributed by atoms with Crippen LogP contribution in [0.15, 0.2) is 11.6 Å². The third-order valence-corrected chi connectivity index (χ3v) is 12.8. The molecule has 0 aromatic carbocycles. The fourth-order valence-corrected chi connectivity index (χ4v) is 10.8. The van der Waals surface area contributed by atoms with Gasteiger partial charge in [0.15, 0.2) is 0 Å². The highest BCUT2D eigenvalue weighted by atomic mass is 16.6. The lowest BCUT2D eigenvalue weighted by Crippen LogP contribution is -2.68. The summed E-state index contributed by atoms with van der Waals surface area (Å²) >= 11 is 0. The Morgan fingerprint density at radius 1 is 1.02 bits per heavy atom. The fraction of sp³-hybridized carbons (Fsp3) is 0.886. The molecule has 0 aromatic rings. The quantitative estimate of drug-likeness (QED) is 0.235. The first-order valence-corrected chi connectivity index (χ1v) is 17.7. The summed E-state index contributed by atoms with van der Waals surface area (Å²) in [6.45, 7) is 4.82. The SMILES string of the molecule is CC=C(CCO)C(=O)O[C@]1(C)CC2CCCCC2[C@@H](C2CCC(N)NC2)[C@@]12CC1CC3CC(CCCO)C(=O)OC3CC1O2. The number of piperidine rings is 1. The molecule has 0 radical (unpaired) electrons. The number of allylic oxidation sites excluding steroid dienone is 1. The Bertz CT molecular complexity index is 1080. The minimum absolute atomic E-state index is 0.0107. The molecule has 6 aliphatic rings. The van der Waals surface area contributed by atoms with Crippen LogP contribution in [0.25, 0.3) is 0 Å². The summed E-state index contributed by atoms with van der Waals surface area (Å²) in [7, 11) is 0. The number of aliphatic hydroxyl groups is 2. The van der Waals surface area contributed by atoms with Crippen LogP contribution in [0.5, 0.6) is 0 Å². The van der Waals surface area contributed by atoms with Gasteiger partial charge in [-0.1, -0.05) is 25.3 Å². The third kappa shape index (κ3) is 5.89. The predicted molar refractivity (Wildman–Crippen MR) is 165 cm³/mol. The first-order valence-electron chi connectivity index (χ1n) is 17.7. The van der Waals surface area contributed by atoms with Crippen molar-refractivity contribution in [3.63, 3.8) is 0 Å². The van der Waals surface area contributed by atoms with Gasteiger partial charge in [-0.05, 0) is 114 Å². The van der Waals surface area contributed by atoms with Crippen molar-refractivity contribution in [2.75, 3.05) is 19.8 Å². The van der Waals surface area contributed by atoms with Gasteiger partial charge in [0.05, 0.1) is 18.2 Å². The molecule has 3 aliphatic heterocycles. The van der Waals surface area contributed by atoms with Gasteiger partial charge >= 0.3 is 11.9 Å². The van der Waals surface area contributed by atoms with Crippen molar-refractivity contribution in [2.45, 2.75) is 133 Å². The highest BCUT2D eigenvalue weighted by Crippen LogP contribution is 2.64. The third-order valence-electron chi connectivity index (χ3n) is 12.8. The standard InChI is InChI=1S/C35H56N2O7/c1-3-21(12-14-39)33(41)44-34(2)18-23-7-4-5-9-27(23)31(24-10-11-30(36)37-20-24)35(34)19-26-16-25-15-22(8-6-13-38)32(40)42-28(25)17-29(26)43-35/h3,22-31,37-39H,4-20,36H2,1-2H3/t22?,23?,24?,25?,26?,27?,28?,29?,30?,31-,34-,35+/m1/s1. The number of rotatable bonds is 8. The number of aliphatic hydroxyl groups excluding tert-OH is 2. The van der Waals surface area contributed by atoms with Gasteiger partial charge in [-0.2, -0.15) is 0 Å². The Balaban J connectivity index is 1.35. The zero-order valence-corrected chi connectivity index (χ0v) is 26.9. The Morgan fingerprint density at radius 2 is 1.84 bits per heavy atom. The Labute approximate surface area is 263 Å². The molecular weight excluding hydrogens is 560 g/mol. The van der Waals surface area contributed by atoms with Gasteiger partial charge in [0.25, 0.3) is 0 Å². The summed E-state index contributed by atoms with van der Waals surface area (Å²) in [6.07, 6.45) is 14.0. The largest absolute Gasteiger partial charge is 0.462 e. The van der Waals surface area contributed by atoms with Crippen molar-refractivity contribution < 1.29 is 34.0 Å². The van der Waals surface area contributed by atoms with Crippen LogP contribution in [0.2, 0.25) is 0 Å². The monoisotopic (exact) mass is 616 g/mol. The van der Waals surface area contributed by atoms with E-state index in [1.807, 2.05) is 6.92 Å². The average Bonchev–Trinajstić information content (AvgIpc) is 3.38. The van der Waals surface area contributed by atoms with Crippen LogP contribution in [0.1, 0.15) is 104 Å². The molecule has 0 bridgehead atoms. The van der Waals surface area contributed by atoms with E-state index < -0.39 is 11.2 Å². The number of ether oxygens (including phenoxy) is 3. The van der Waals surface area contributed by atoms with E-state index in [0.29, 0.717) is 54.4 Å². The maximum Gasteiger partial charge on any atom is 0.334 e. The molecule has 0 aromatic heterocycles. The smallest absolute Gasteiger partial charge is 0.334 e. The molecule has 5 N–H and O–H groups in total. The van der Waals surface area contributed by atoms with Crippen molar-refractivity contribution in [2.24, 2.45) is 47.2 Å². The van der Waals surface area contributed by atoms with Crippen LogP contribution in [0, 0.1) is 41.4 Å². The van der Waals surface area contributed by atoms with E-state index >= 15 is 0 Å². The number of nitrogens with two attached hydrogens (primary N) is 1. The Hall–Kier alpha value is -1.52. The number of hydrogen-bond acceptors (Lipinski definition) is 9. The van der Waals surface area contributed by atoms with Crippen LogP contribution in [0.4, 0.5) is 0 Å². The minimum atomic E-state index is -0.820. The maximum absolute atomic E-state index is 13.8. The second-order valence-corrected chi connectivity index (χ2v) is 15.2.